The van der Waals surface area contributed by atoms with Crippen LogP contribution in [0.5, 0.6) is 0 Å². The van der Waals surface area contributed by atoms with Gasteiger partial charge in [0.15, 0.2) is 5.76 Å². The lowest BCUT2D eigenvalue weighted by molar-refractivity contribution is -0.117. The fourth-order valence-corrected chi connectivity index (χ4v) is 2.38. The van der Waals surface area contributed by atoms with Crippen molar-refractivity contribution in [3.8, 4) is 0 Å². The van der Waals surface area contributed by atoms with E-state index in [0.717, 1.165) is 19.4 Å². The Kier molecular flexibility index (Phi) is 5.78. The lowest BCUT2D eigenvalue weighted by atomic mass is 10.2. The third-order valence-electron chi connectivity index (χ3n) is 3.53. The van der Waals surface area contributed by atoms with Crippen LogP contribution in [-0.2, 0) is 4.79 Å². The Bertz CT molecular complexity index is 650. The first kappa shape index (κ1) is 17.1. The Labute approximate surface area is 140 Å². The van der Waals surface area contributed by atoms with Gasteiger partial charge in [-0.2, -0.15) is 0 Å². The third-order valence-corrected chi connectivity index (χ3v) is 3.53. The van der Waals surface area contributed by atoms with E-state index in [2.05, 4.69) is 16.0 Å². The lowest BCUT2D eigenvalue weighted by Gasteiger charge is -2.11. The van der Waals surface area contributed by atoms with E-state index in [-0.39, 0.29) is 36.0 Å². The summed E-state index contributed by atoms with van der Waals surface area (Å²) in [6.45, 7) is 0.885. The van der Waals surface area contributed by atoms with E-state index in [4.69, 9.17) is 4.42 Å². The zero-order chi connectivity index (χ0) is 15.4. The first-order chi connectivity index (χ1) is 10.7. The van der Waals surface area contributed by atoms with E-state index < -0.39 is 0 Å². The highest BCUT2D eigenvalue weighted by Crippen LogP contribution is 2.16. The minimum atomic E-state index is -0.308. The molecule has 23 heavy (non-hydrogen) atoms. The zero-order valence-corrected chi connectivity index (χ0v) is 13.2. The van der Waals surface area contributed by atoms with Crippen LogP contribution in [-0.4, -0.2) is 24.4 Å². The minimum absolute atomic E-state index is 0. The van der Waals surface area contributed by atoms with Crippen LogP contribution in [0.2, 0.25) is 0 Å². The van der Waals surface area contributed by atoms with Gasteiger partial charge in [0, 0.05) is 11.4 Å². The van der Waals surface area contributed by atoms with Gasteiger partial charge in [0.25, 0.3) is 5.91 Å². The molecule has 2 amide bonds. The lowest BCUT2D eigenvalue weighted by Crippen LogP contribution is -2.35. The average Bonchev–Trinajstić information content (AvgIpc) is 3.23. The largest absolute Gasteiger partial charge is 0.459 e. The molecule has 1 aromatic carbocycles. The molecule has 2 heterocycles. The van der Waals surface area contributed by atoms with Crippen LogP contribution in [0.25, 0.3) is 0 Å². The summed E-state index contributed by atoms with van der Waals surface area (Å²) in [5, 5.41) is 8.73. The molecule has 3 N–H and O–H groups in total. The zero-order valence-electron chi connectivity index (χ0n) is 12.4. The number of rotatable bonds is 4. The van der Waals surface area contributed by atoms with Gasteiger partial charge in [0.05, 0.1) is 12.3 Å². The number of anilines is 2. The molecule has 0 spiro atoms. The number of halogens is 1. The molecule has 3 rings (SSSR count). The number of hydrogen-bond acceptors (Lipinski definition) is 4. The summed E-state index contributed by atoms with van der Waals surface area (Å²) in [5.74, 6) is -0.0773. The number of hydrogen-bond donors (Lipinski definition) is 3. The first-order valence-corrected chi connectivity index (χ1v) is 7.21. The quantitative estimate of drug-likeness (QED) is 0.802. The van der Waals surface area contributed by atoms with Gasteiger partial charge < -0.3 is 20.4 Å². The Morgan fingerprint density at radius 1 is 1.09 bits per heavy atom. The topological polar surface area (TPSA) is 83.4 Å². The van der Waals surface area contributed by atoms with Crippen molar-refractivity contribution in [2.45, 2.75) is 18.9 Å². The Hall–Kier alpha value is -2.31. The molecule has 0 saturated carbocycles. The highest BCUT2D eigenvalue weighted by atomic mass is 35.5. The van der Waals surface area contributed by atoms with Crippen molar-refractivity contribution in [1.29, 1.82) is 0 Å². The Balaban J connectivity index is 0.00000192. The maximum atomic E-state index is 12.0. The van der Waals surface area contributed by atoms with Crippen molar-refractivity contribution in [2.75, 3.05) is 17.2 Å². The molecule has 0 bridgehead atoms. The molecule has 1 aliphatic rings. The van der Waals surface area contributed by atoms with Crippen molar-refractivity contribution in [1.82, 2.24) is 5.32 Å². The molecular weight excluding hydrogens is 318 g/mol. The number of amides is 2. The smallest absolute Gasteiger partial charge is 0.291 e. The maximum absolute atomic E-state index is 12.0. The first-order valence-electron chi connectivity index (χ1n) is 7.21. The van der Waals surface area contributed by atoms with Crippen molar-refractivity contribution in [3.05, 3.63) is 48.4 Å². The van der Waals surface area contributed by atoms with Gasteiger partial charge in [-0.25, -0.2) is 0 Å². The van der Waals surface area contributed by atoms with Crippen molar-refractivity contribution >= 4 is 35.6 Å². The SMILES string of the molecule is Cl.O=C(Nc1ccc(NC(=O)[C@@H]2CCCN2)cc1)c1ccco1. The summed E-state index contributed by atoms with van der Waals surface area (Å²) in [4.78, 5) is 23.8. The van der Waals surface area contributed by atoms with E-state index in [1.54, 1.807) is 36.4 Å². The van der Waals surface area contributed by atoms with Crippen LogP contribution in [0.4, 0.5) is 11.4 Å². The standard InChI is InChI=1S/C16H17N3O3.ClH/c20-15(13-3-1-9-17-13)18-11-5-7-12(8-6-11)19-16(21)14-4-2-10-22-14;/h2,4-8,10,13,17H,1,3,9H2,(H,18,20)(H,19,21);1H/t13-;/m0./s1. The molecule has 6 nitrogen and oxygen atoms in total. The van der Waals surface area contributed by atoms with E-state index in [9.17, 15) is 9.59 Å². The Morgan fingerprint density at radius 2 is 1.78 bits per heavy atom. The van der Waals surface area contributed by atoms with E-state index >= 15 is 0 Å². The van der Waals surface area contributed by atoms with E-state index in [0.29, 0.717) is 11.4 Å². The van der Waals surface area contributed by atoms with Crippen LogP contribution in [0, 0.1) is 0 Å². The molecule has 1 aromatic heterocycles. The maximum Gasteiger partial charge on any atom is 0.291 e. The van der Waals surface area contributed by atoms with Crippen molar-refractivity contribution in [3.63, 3.8) is 0 Å². The predicted octanol–water partition coefficient (Wildman–Crippen LogP) is 2.64. The number of furan rings is 1. The van der Waals surface area contributed by atoms with Gasteiger partial charge in [0.2, 0.25) is 5.91 Å². The molecular formula is C16H18ClN3O3. The molecule has 1 fully saturated rings. The second-order valence-corrected chi connectivity index (χ2v) is 5.15. The highest BCUT2D eigenvalue weighted by molar-refractivity contribution is 6.02. The second-order valence-electron chi connectivity index (χ2n) is 5.15. The molecule has 0 unspecified atom stereocenters. The number of benzene rings is 1. The van der Waals surface area contributed by atoms with Crippen LogP contribution >= 0.6 is 12.4 Å². The van der Waals surface area contributed by atoms with Gasteiger partial charge in [-0.15, -0.1) is 12.4 Å². The minimum Gasteiger partial charge on any atom is -0.459 e. The monoisotopic (exact) mass is 335 g/mol. The second kappa shape index (κ2) is 7.80. The molecule has 122 valence electrons. The molecule has 2 aromatic rings. The molecule has 1 saturated heterocycles. The van der Waals surface area contributed by atoms with Gasteiger partial charge in [-0.3, -0.25) is 9.59 Å². The van der Waals surface area contributed by atoms with E-state index in [1.807, 2.05) is 0 Å². The summed E-state index contributed by atoms with van der Waals surface area (Å²) in [7, 11) is 0. The van der Waals surface area contributed by atoms with Crippen molar-refractivity contribution in [2.24, 2.45) is 0 Å². The number of carbonyl (C=O) groups excluding carboxylic acids is 2. The van der Waals surface area contributed by atoms with Crippen LogP contribution in [0.1, 0.15) is 23.4 Å². The van der Waals surface area contributed by atoms with Gasteiger partial charge >= 0.3 is 0 Å². The molecule has 1 aliphatic heterocycles. The molecule has 7 heteroatoms. The summed E-state index contributed by atoms with van der Waals surface area (Å²) in [6, 6.07) is 10.1. The average molecular weight is 336 g/mol. The normalized spacial score (nSPS) is 16.4. The van der Waals surface area contributed by atoms with Crippen LogP contribution < -0.4 is 16.0 Å². The van der Waals surface area contributed by atoms with E-state index in [1.165, 1.54) is 6.26 Å². The number of nitrogens with one attached hydrogen (secondary N) is 3. The van der Waals surface area contributed by atoms with Gasteiger partial charge in [-0.05, 0) is 55.8 Å². The number of carbonyl (C=O) groups is 2. The third kappa shape index (κ3) is 4.34. The van der Waals surface area contributed by atoms with Crippen molar-refractivity contribution < 1.29 is 14.0 Å². The summed E-state index contributed by atoms with van der Waals surface area (Å²) < 4.78 is 5.02. The predicted molar refractivity (Wildman–Crippen MR) is 90.0 cm³/mol. The Morgan fingerprint density at radius 3 is 2.35 bits per heavy atom. The van der Waals surface area contributed by atoms with Crippen LogP contribution in [0.3, 0.4) is 0 Å². The highest BCUT2D eigenvalue weighted by Gasteiger charge is 2.21. The summed E-state index contributed by atoms with van der Waals surface area (Å²) >= 11 is 0. The van der Waals surface area contributed by atoms with Gasteiger partial charge in [-0.1, -0.05) is 0 Å². The fourth-order valence-electron chi connectivity index (χ4n) is 2.38. The molecule has 1 atom stereocenters. The fraction of sp³-hybridized carbons (Fsp3) is 0.250. The van der Waals surface area contributed by atoms with Crippen LogP contribution in [0.15, 0.2) is 47.1 Å². The molecule has 0 aliphatic carbocycles. The summed E-state index contributed by atoms with van der Waals surface area (Å²) in [5.41, 5.74) is 1.34. The molecule has 0 radical (unpaired) electrons. The van der Waals surface area contributed by atoms with Gasteiger partial charge in [0.1, 0.15) is 0 Å². The summed E-state index contributed by atoms with van der Waals surface area (Å²) in [6.07, 6.45) is 3.34.